The highest BCUT2D eigenvalue weighted by Gasteiger charge is 2.41. The number of nitrogens with zero attached hydrogens (tertiary/aromatic N) is 2. The van der Waals surface area contributed by atoms with Gasteiger partial charge >= 0.3 is 0 Å². The standard InChI is InChI=1S/C31H41N5O5S/c1-30(2)20-31(3,38)16-7-5-6-8-17-41-27-22(18-33-4)10-9-11-24(27)36-29(37)26-28(32)34-19-25(35-26)21-12-14-23(15-13-21)42(30,39)40/h9-15,19,33,38H,5-8,16-18,20H2,1-4H3,(H2,32,34)(H,36,37). The van der Waals surface area contributed by atoms with Gasteiger partial charge in [-0.3, -0.25) is 4.79 Å². The SMILES string of the molecule is CNCc1cccc2c1OCCCCCCC(C)(O)CC(C)(C)S(=O)(=O)c1ccc(cc1)-c1cnc(N)c(n1)C(=O)N2. The molecule has 226 valence electrons. The van der Waals surface area contributed by atoms with Crippen LogP contribution in [0.25, 0.3) is 11.3 Å². The van der Waals surface area contributed by atoms with E-state index in [1.54, 1.807) is 39.0 Å². The number of sulfone groups is 1. The van der Waals surface area contributed by atoms with Crippen molar-refractivity contribution in [3.63, 3.8) is 0 Å². The molecular formula is C31H41N5O5S. The average Bonchev–Trinajstić information content (AvgIpc) is 2.93. The van der Waals surface area contributed by atoms with Gasteiger partial charge in [0, 0.05) is 17.7 Å². The molecular weight excluding hydrogens is 554 g/mol. The van der Waals surface area contributed by atoms with Crippen LogP contribution in [0.4, 0.5) is 11.5 Å². The van der Waals surface area contributed by atoms with Crippen molar-refractivity contribution in [2.75, 3.05) is 24.7 Å². The van der Waals surface area contributed by atoms with Crippen LogP contribution < -0.4 is 21.1 Å². The molecule has 11 heteroatoms. The van der Waals surface area contributed by atoms with Gasteiger partial charge in [-0.25, -0.2) is 18.4 Å². The molecule has 2 aromatic carbocycles. The Kier molecular flexibility index (Phi) is 9.54. The molecule has 0 fully saturated rings. The summed E-state index contributed by atoms with van der Waals surface area (Å²) in [6, 6.07) is 11.8. The number of nitrogens with two attached hydrogens (primary N) is 1. The Labute approximate surface area is 248 Å². The maximum absolute atomic E-state index is 13.6. The molecule has 4 bridgehead atoms. The van der Waals surface area contributed by atoms with E-state index >= 15 is 0 Å². The van der Waals surface area contributed by atoms with Crippen molar-refractivity contribution in [2.24, 2.45) is 0 Å². The highest BCUT2D eigenvalue weighted by molar-refractivity contribution is 7.92. The minimum Gasteiger partial charge on any atom is -0.491 e. The zero-order chi connectivity index (χ0) is 30.5. The van der Waals surface area contributed by atoms with Crippen LogP contribution in [-0.2, 0) is 16.4 Å². The number of carbonyl (C=O) groups is 1. The summed E-state index contributed by atoms with van der Waals surface area (Å²) in [5.41, 5.74) is 7.19. The molecule has 0 saturated carbocycles. The van der Waals surface area contributed by atoms with Crippen molar-refractivity contribution in [1.29, 1.82) is 0 Å². The minimum absolute atomic E-state index is 0.0347. The first-order valence-corrected chi connectivity index (χ1v) is 15.7. The van der Waals surface area contributed by atoms with Crippen molar-refractivity contribution in [3.05, 3.63) is 59.9 Å². The van der Waals surface area contributed by atoms with Gasteiger partial charge in [0.05, 0.1) is 39.4 Å². The smallest absolute Gasteiger partial charge is 0.278 e. The van der Waals surface area contributed by atoms with Crippen LogP contribution >= 0.6 is 0 Å². The van der Waals surface area contributed by atoms with E-state index in [0.29, 0.717) is 42.3 Å². The third-order valence-electron chi connectivity index (χ3n) is 7.58. The van der Waals surface area contributed by atoms with Crippen LogP contribution in [-0.4, -0.2) is 53.4 Å². The first kappa shape index (κ1) is 31.4. The van der Waals surface area contributed by atoms with Gasteiger partial charge < -0.3 is 26.2 Å². The molecule has 0 aliphatic carbocycles. The summed E-state index contributed by atoms with van der Waals surface area (Å²) in [5.74, 6) is 0.00277. The van der Waals surface area contributed by atoms with Gasteiger partial charge in [0.15, 0.2) is 21.3 Å². The molecule has 1 aromatic heterocycles. The molecule has 0 saturated heterocycles. The zero-order valence-electron chi connectivity index (χ0n) is 24.7. The largest absolute Gasteiger partial charge is 0.491 e. The second-order valence-electron chi connectivity index (χ2n) is 11.7. The number of aliphatic hydroxyl groups is 1. The summed E-state index contributed by atoms with van der Waals surface area (Å²) in [7, 11) is -1.93. The Morgan fingerprint density at radius 1 is 1.07 bits per heavy atom. The molecule has 2 aliphatic heterocycles. The molecule has 5 rings (SSSR count). The Hall–Kier alpha value is -3.54. The van der Waals surface area contributed by atoms with Crippen LogP contribution in [0.5, 0.6) is 5.75 Å². The normalized spacial score (nSPS) is 21.2. The number of nitrogens with one attached hydrogen (secondary N) is 2. The number of nitrogen functional groups attached to an aromatic ring is 1. The fourth-order valence-electron chi connectivity index (χ4n) is 5.43. The number of fused-ring (bicyclic) bond motifs is 13. The zero-order valence-corrected chi connectivity index (χ0v) is 25.6. The van der Waals surface area contributed by atoms with Crippen molar-refractivity contribution >= 4 is 27.2 Å². The van der Waals surface area contributed by atoms with Crippen molar-refractivity contribution in [2.45, 2.75) is 81.1 Å². The highest BCUT2D eigenvalue weighted by Crippen LogP contribution is 2.36. The molecule has 1 amide bonds. The number of hydrogen-bond acceptors (Lipinski definition) is 9. The van der Waals surface area contributed by atoms with E-state index in [1.807, 2.05) is 19.2 Å². The van der Waals surface area contributed by atoms with Gasteiger partial charge in [-0.1, -0.05) is 43.5 Å². The number of aromatic nitrogens is 2. The second kappa shape index (κ2) is 12.8. The van der Waals surface area contributed by atoms with Crippen LogP contribution in [0.2, 0.25) is 0 Å². The molecule has 2 aliphatic rings. The van der Waals surface area contributed by atoms with E-state index in [1.165, 1.54) is 18.3 Å². The van der Waals surface area contributed by atoms with E-state index < -0.39 is 26.1 Å². The third-order valence-corrected chi connectivity index (χ3v) is 10.1. The van der Waals surface area contributed by atoms with Gasteiger partial charge in [0.25, 0.3) is 5.91 Å². The molecule has 1 atom stereocenters. The lowest BCUT2D eigenvalue weighted by Gasteiger charge is -2.33. The summed E-state index contributed by atoms with van der Waals surface area (Å²) in [4.78, 5) is 22.2. The first-order chi connectivity index (χ1) is 19.8. The fourth-order valence-corrected chi connectivity index (χ4v) is 7.06. The summed E-state index contributed by atoms with van der Waals surface area (Å²) in [5, 5.41) is 17.2. The van der Waals surface area contributed by atoms with Crippen molar-refractivity contribution in [3.8, 4) is 17.0 Å². The summed E-state index contributed by atoms with van der Waals surface area (Å²) < 4.78 is 32.2. The van der Waals surface area contributed by atoms with Gasteiger partial charge in [0.2, 0.25) is 0 Å². The summed E-state index contributed by atoms with van der Waals surface area (Å²) in [6.45, 7) is 6.00. The van der Waals surface area contributed by atoms with E-state index in [4.69, 9.17) is 10.5 Å². The quantitative estimate of drug-likeness (QED) is 0.329. The first-order valence-electron chi connectivity index (χ1n) is 14.3. The van der Waals surface area contributed by atoms with Gasteiger partial charge in [-0.15, -0.1) is 0 Å². The topological polar surface area (TPSA) is 157 Å². The molecule has 0 spiro atoms. The number of rotatable bonds is 2. The Bertz CT molecular complexity index is 1520. The Morgan fingerprint density at radius 2 is 1.79 bits per heavy atom. The number of amides is 1. The van der Waals surface area contributed by atoms with Crippen LogP contribution in [0.15, 0.2) is 53.6 Å². The molecule has 5 N–H and O–H groups in total. The number of carbonyl (C=O) groups excluding carboxylic acids is 1. The monoisotopic (exact) mass is 595 g/mol. The predicted octanol–water partition coefficient (Wildman–Crippen LogP) is 4.73. The Balaban J connectivity index is 1.73. The van der Waals surface area contributed by atoms with Crippen LogP contribution in [0.1, 0.15) is 75.3 Å². The molecule has 3 aromatic rings. The van der Waals surface area contributed by atoms with Crippen molar-refractivity contribution in [1.82, 2.24) is 15.3 Å². The number of anilines is 2. The number of para-hydroxylation sites is 1. The van der Waals surface area contributed by atoms with Crippen LogP contribution in [0, 0.1) is 0 Å². The molecule has 0 radical (unpaired) electrons. The summed E-state index contributed by atoms with van der Waals surface area (Å²) >= 11 is 0. The van der Waals surface area contributed by atoms with E-state index in [-0.39, 0.29) is 22.8 Å². The molecule has 10 nitrogen and oxygen atoms in total. The second-order valence-corrected chi connectivity index (χ2v) is 14.3. The van der Waals surface area contributed by atoms with Gasteiger partial charge in [0.1, 0.15) is 5.75 Å². The molecule has 1 unspecified atom stereocenters. The van der Waals surface area contributed by atoms with Gasteiger partial charge in [-0.05, 0) is 65.3 Å². The predicted molar refractivity (Wildman–Crippen MR) is 164 cm³/mol. The summed E-state index contributed by atoms with van der Waals surface area (Å²) in [6.07, 6.45) is 5.31. The molecule has 42 heavy (non-hydrogen) atoms. The van der Waals surface area contributed by atoms with E-state index in [2.05, 4.69) is 20.6 Å². The molecule has 3 heterocycles. The van der Waals surface area contributed by atoms with Crippen molar-refractivity contribution < 1.29 is 23.1 Å². The number of hydrogen-bond donors (Lipinski definition) is 4. The van der Waals surface area contributed by atoms with Crippen LogP contribution in [0.3, 0.4) is 0 Å². The number of ether oxygens (including phenoxy) is 1. The Morgan fingerprint density at radius 3 is 2.50 bits per heavy atom. The highest BCUT2D eigenvalue weighted by atomic mass is 32.2. The lowest BCUT2D eigenvalue weighted by Crippen LogP contribution is -2.41. The maximum atomic E-state index is 13.6. The van der Waals surface area contributed by atoms with E-state index in [0.717, 1.165) is 31.2 Å². The van der Waals surface area contributed by atoms with E-state index in [9.17, 15) is 18.3 Å². The lowest BCUT2D eigenvalue weighted by molar-refractivity contribution is 0.0308. The van der Waals surface area contributed by atoms with Gasteiger partial charge in [-0.2, -0.15) is 0 Å². The number of benzene rings is 2. The minimum atomic E-state index is -3.78. The average molecular weight is 596 g/mol. The fraction of sp³-hybridized carbons (Fsp3) is 0.452. The lowest BCUT2D eigenvalue weighted by atomic mass is 9.88. The maximum Gasteiger partial charge on any atom is 0.278 e. The third kappa shape index (κ3) is 7.08.